The van der Waals surface area contributed by atoms with Crippen LogP contribution < -0.4 is 5.32 Å². The first-order valence-electron chi connectivity index (χ1n) is 6.89. The van der Waals surface area contributed by atoms with Crippen molar-refractivity contribution in [3.05, 3.63) is 17.7 Å². The van der Waals surface area contributed by atoms with Crippen LogP contribution in [0.15, 0.2) is 6.33 Å². The van der Waals surface area contributed by atoms with Crippen molar-refractivity contribution in [3.63, 3.8) is 0 Å². The van der Waals surface area contributed by atoms with Crippen LogP contribution >= 0.6 is 0 Å². The van der Waals surface area contributed by atoms with Crippen LogP contribution in [0.25, 0.3) is 0 Å². The van der Waals surface area contributed by atoms with Crippen molar-refractivity contribution >= 4 is 5.91 Å². The number of nitrogens with zero attached hydrogens (tertiary/aromatic N) is 4. The molecule has 2 rings (SSSR count). The zero-order chi connectivity index (χ0) is 14.4. The first kappa shape index (κ1) is 14.1. The van der Waals surface area contributed by atoms with E-state index in [0.717, 1.165) is 25.7 Å². The Bertz CT molecular complexity index is 555. The second-order valence-electron chi connectivity index (χ2n) is 5.05. The lowest BCUT2D eigenvalue weighted by Crippen LogP contribution is -2.36. The van der Waals surface area contributed by atoms with Gasteiger partial charge in [0.05, 0.1) is 6.33 Å². The molecule has 0 unspecified atom stereocenters. The highest BCUT2D eigenvalue weighted by Gasteiger charge is 2.17. The average molecular weight is 271 g/mol. The fourth-order valence-electron chi connectivity index (χ4n) is 2.55. The molecular formula is C14H17N5O. The van der Waals surface area contributed by atoms with Crippen molar-refractivity contribution in [1.82, 2.24) is 14.9 Å². The first-order chi connectivity index (χ1) is 9.74. The highest BCUT2D eigenvalue weighted by molar-refractivity contribution is 5.76. The van der Waals surface area contributed by atoms with Crippen molar-refractivity contribution in [2.75, 3.05) is 0 Å². The number of rotatable bonds is 3. The third-order valence-electron chi connectivity index (χ3n) is 3.58. The molecule has 0 spiro atoms. The standard InChI is InChI=1S/C14H17N5O/c15-7-12-13(8-16)19(10-17-12)9-14(20)18-11-5-3-1-2-4-6-11/h10-11H,1-6,9H2,(H,18,20). The fraction of sp³-hybridized carbons (Fsp3) is 0.571. The molecule has 6 nitrogen and oxygen atoms in total. The third kappa shape index (κ3) is 3.36. The highest BCUT2D eigenvalue weighted by Crippen LogP contribution is 2.17. The number of amides is 1. The minimum absolute atomic E-state index is 0.0358. The van der Waals surface area contributed by atoms with E-state index in [1.807, 2.05) is 12.1 Å². The maximum atomic E-state index is 12.0. The molecule has 104 valence electrons. The van der Waals surface area contributed by atoms with E-state index in [-0.39, 0.29) is 29.9 Å². The lowest BCUT2D eigenvalue weighted by atomic mass is 10.1. The van der Waals surface area contributed by atoms with Gasteiger partial charge in [-0.25, -0.2) is 4.98 Å². The number of hydrogen-bond donors (Lipinski definition) is 1. The van der Waals surface area contributed by atoms with E-state index in [4.69, 9.17) is 10.5 Å². The van der Waals surface area contributed by atoms with Gasteiger partial charge in [-0.05, 0) is 12.8 Å². The van der Waals surface area contributed by atoms with Crippen LogP contribution in [0.4, 0.5) is 0 Å². The zero-order valence-electron chi connectivity index (χ0n) is 11.3. The maximum absolute atomic E-state index is 12.0. The van der Waals surface area contributed by atoms with E-state index in [1.165, 1.54) is 23.7 Å². The number of hydrogen-bond acceptors (Lipinski definition) is 4. The van der Waals surface area contributed by atoms with Crippen molar-refractivity contribution in [2.24, 2.45) is 0 Å². The normalized spacial score (nSPS) is 15.9. The van der Waals surface area contributed by atoms with Crippen LogP contribution in [-0.2, 0) is 11.3 Å². The van der Waals surface area contributed by atoms with Crippen LogP contribution in [0.3, 0.4) is 0 Å². The van der Waals surface area contributed by atoms with Gasteiger partial charge in [-0.3, -0.25) is 4.79 Å². The molecule has 1 aromatic rings. The predicted octanol–water partition coefficient (Wildman–Crippen LogP) is 1.47. The quantitative estimate of drug-likeness (QED) is 0.842. The Hall–Kier alpha value is -2.34. The number of carbonyl (C=O) groups is 1. The maximum Gasteiger partial charge on any atom is 0.240 e. The van der Waals surface area contributed by atoms with E-state index in [9.17, 15) is 4.79 Å². The minimum Gasteiger partial charge on any atom is -0.352 e. The number of nitriles is 2. The van der Waals surface area contributed by atoms with Crippen LogP contribution in [0.2, 0.25) is 0 Å². The van der Waals surface area contributed by atoms with Gasteiger partial charge in [0.15, 0.2) is 11.4 Å². The van der Waals surface area contributed by atoms with Gasteiger partial charge in [0.25, 0.3) is 0 Å². The molecule has 20 heavy (non-hydrogen) atoms. The van der Waals surface area contributed by atoms with Gasteiger partial charge in [0.1, 0.15) is 18.7 Å². The third-order valence-corrected chi connectivity index (χ3v) is 3.58. The van der Waals surface area contributed by atoms with Gasteiger partial charge < -0.3 is 9.88 Å². The molecule has 0 aliphatic heterocycles. The summed E-state index contributed by atoms with van der Waals surface area (Å²) in [4.78, 5) is 15.8. The average Bonchev–Trinajstić information content (AvgIpc) is 2.64. The van der Waals surface area contributed by atoms with Gasteiger partial charge in [-0.15, -0.1) is 0 Å². The monoisotopic (exact) mass is 271 g/mol. The molecule has 6 heteroatoms. The Morgan fingerprint density at radius 1 is 1.30 bits per heavy atom. The molecule has 1 aliphatic rings. The Morgan fingerprint density at radius 3 is 2.60 bits per heavy atom. The van der Waals surface area contributed by atoms with E-state index in [0.29, 0.717) is 0 Å². The number of imidazole rings is 1. The van der Waals surface area contributed by atoms with Crippen molar-refractivity contribution in [1.29, 1.82) is 10.5 Å². The molecule has 1 saturated carbocycles. The molecule has 1 amide bonds. The van der Waals surface area contributed by atoms with Crippen LogP contribution in [0, 0.1) is 22.7 Å². The number of aromatic nitrogens is 2. The second kappa shape index (κ2) is 6.72. The summed E-state index contributed by atoms with van der Waals surface area (Å²) in [6.07, 6.45) is 8.17. The fourth-order valence-corrected chi connectivity index (χ4v) is 2.55. The molecule has 1 aromatic heterocycles. The van der Waals surface area contributed by atoms with Crippen LogP contribution in [0.5, 0.6) is 0 Å². The Morgan fingerprint density at radius 2 is 2.00 bits per heavy atom. The minimum atomic E-state index is -0.129. The van der Waals surface area contributed by atoms with Crippen LogP contribution in [0.1, 0.15) is 49.9 Å². The molecule has 1 N–H and O–H groups in total. The van der Waals surface area contributed by atoms with Gasteiger partial charge in [-0.2, -0.15) is 10.5 Å². The zero-order valence-corrected chi connectivity index (χ0v) is 11.3. The summed E-state index contributed by atoms with van der Waals surface area (Å²) in [5.41, 5.74) is 0.207. The van der Waals surface area contributed by atoms with Crippen molar-refractivity contribution in [3.8, 4) is 12.1 Å². The molecule has 0 saturated heterocycles. The topological polar surface area (TPSA) is 94.5 Å². The first-order valence-corrected chi connectivity index (χ1v) is 6.89. The van der Waals surface area contributed by atoms with E-state index >= 15 is 0 Å². The van der Waals surface area contributed by atoms with Crippen molar-refractivity contribution in [2.45, 2.75) is 51.1 Å². The summed E-state index contributed by atoms with van der Waals surface area (Å²) in [5.74, 6) is -0.129. The highest BCUT2D eigenvalue weighted by atomic mass is 16.2. The Kier molecular flexibility index (Phi) is 4.73. The molecule has 1 fully saturated rings. The summed E-state index contributed by atoms with van der Waals surface area (Å²) in [5, 5.41) is 20.8. The summed E-state index contributed by atoms with van der Waals surface area (Å²) in [6.45, 7) is 0.0358. The molecule has 1 aliphatic carbocycles. The lowest BCUT2D eigenvalue weighted by Gasteiger charge is -2.16. The number of carbonyl (C=O) groups excluding carboxylic acids is 1. The van der Waals surface area contributed by atoms with Gasteiger partial charge in [0, 0.05) is 6.04 Å². The lowest BCUT2D eigenvalue weighted by molar-refractivity contribution is -0.122. The molecule has 0 atom stereocenters. The Labute approximate surface area is 118 Å². The van der Waals surface area contributed by atoms with E-state index in [1.54, 1.807) is 0 Å². The summed E-state index contributed by atoms with van der Waals surface area (Å²) < 4.78 is 1.42. The van der Waals surface area contributed by atoms with E-state index < -0.39 is 0 Å². The molecule has 0 radical (unpaired) electrons. The van der Waals surface area contributed by atoms with E-state index in [2.05, 4.69) is 10.3 Å². The molecular weight excluding hydrogens is 254 g/mol. The smallest absolute Gasteiger partial charge is 0.240 e. The molecule has 0 bridgehead atoms. The van der Waals surface area contributed by atoms with Gasteiger partial charge in [-0.1, -0.05) is 25.7 Å². The second-order valence-corrected chi connectivity index (χ2v) is 5.05. The summed E-state index contributed by atoms with van der Waals surface area (Å²) in [7, 11) is 0. The largest absolute Gasteiger partial charge is 0.352 e. The van der Waals surface area contributed by atoms with Crippen LogP contribution in [-0.4, -0.2) is 21.5 Å². The number of nitrogens with one attached hydrogen (secondary N) is 1. The Balaban J connectivity index is 1.96. The van der Waals surface area contributed by atoms with Gasteiger partial charge in [0.2, 0.25) is 5.91 Å². The van der Waals surface area contributed by atoms with Gasteiger partial charge >= 0.3 is 0 Å². The molecule has 0 aromatic carbocycles. The molecule has 1 heterocycles. The summed E-state index contributed by atoms with van der Waals surface area (Å²) in [6, 6.07) is 3.99. The predicted molar refractivity (Wildman–Crippen MR) is 71.3 cm³/mol. The summed E-state index contributed by atoms with van der Waals surface area (Å²) >= 11 is 0. The van der Waals surface area contributed by atoms with Crippen molar-refractivity contribution < 1.29 is 4.79 Å². The SMILES string of the molecule is N#Cc1ncn(CC(=O)NC2CCCCCC2)c1C#N.